The van der Waals surface area contributed by atoms with Crippen LogP contribution in [-0.2, 0) is 13.6 Å². The maximum Gasteiger partial charge on any atom is 0.255 e. The van der Waals surface area contributed by atoms with Crippen LogP contribution >= 0.6 is 11.6 Å². The normalized spacial score (nSPS) is 11.2. The van der Waals surface area contributed by atoms with Gasteiger partial charge in [-0.25, -0.2) is 4.68 Å². The van der Waals surface area contributed by atoms with E-state index in [4.69, 9.17) is 11.6 Å². The first-order valence-electron chi connectivity index (χ1n) is 8.61. The molecular weight excluding hydrogens is 348 g/mol. The van der Waals surface area contributed by atoms with E-state index in [1.165, 1.54) is 0 Å². The van der Waals surface area contributed by atoms with Crippen LogP contribution in [0.3, 0.4) is 0 Å². The SMILES string of the molecule is Cc1ccc(CNC(=O)c2cnn(-c3cccc(Cl)c3)c2C(C)C)n1C. The van der Waals surface area contributed by atoms with Crippen molar-refractivity contribution in [3.05, 3.63) is 70.3 Å². The Morgan fingerprint density at radius 1 is 1.27 bits per heavy atom. The Hall–Kier alpha value is -2.53. The fourth-order valence-corrected chi connectivity index (χ4v) is 3.20. The lowest BCUT2D eigenvalue weighted by atomic mass is 10.0. The summed E-state index contributed by atoms with van der Waals surface area (Å²) >= 11 is 6.11. The number of aromatic nitrogens is 3. The number of rotatable bonds is 5. The summed E-state index contributed by atoms with van der Waals surface area (Å²) in [5.41, 5.74) is 4.52. The molecule has 0 fully saturated rings. The van der Waals surface area contributed by atoms with Gasteiger partial charge in [-0.05, 0) is 43.2 Å². The number of hydrogen-bond donors (Lipinski definition) is 1. The quantitative estimate of drug-likeness (QED) is 0.730. The van der Waals surface area contributed by atoms with Gasteiger partial charge in [0.25, 0.3) is 5.91 Å². The van der Waals surface area contributed by atoms with Crippen molar-refractivity contribution in [3.8, 4) is 5.69 Å². The van der Waals surface area contributed by atoms with Gasteiger partial charge in [0.05, 0.1) is 29.7 Å². The molecular formula is C20H23ClN4O. The highest BCUT2D eigenvalue weighted by Crippen LogP contribution is 2.24. The number of carbonyl (C=O) groups is 1. The number of benzene rings is 1. The highest BCUT2D eigenvalue weighted by Gasteiger charge is 2.21. The Bertz CT molecular complexity index is 939. The van der Waals surface area contributed by atoms with E-state index >= 15 is 0 Å². The number of hydrogen-bond acceptors (Lipinski definition) is 2. The van der Waals surface area contributed by atoms with Crippen molar-refractivity contribution >= 4 is 17.5 Å². The van der Waals surface area contributed by atoms with Crippen molar-refractivity contribution in [2.45, 2.75) is 33.2 Å². The average molecular weight is 371 g/mol. The molecule has 136 valence electrons. The first-order chi connectivity index (χ1) is 12.4. The van der Waals surface area contributed by atoms with Gasteiger partial charge >= 0.3 is 0 Å². The molecule has 2 heterocycles. The Morgan fingerprint density at radius 2 is 2.04 bits per heavy atom. The van der Waals surface area contributed by atoms with Crippen molar-refractivity contribution in [1.29, 1.82) is 0 Å². The van der Waals surface area contributed by atoms with E-state index < -0.39 is 0 Å². The van der Waals surface area contributed by atoms with Gasteiger partial charge in [0.1, 0.15) is 0 Å². The van der Waals surface area contributed by atoms with E-state index in [0.29, 0.717) is 17.1 Å². The summed E-state index contributed by atoms with van der Waals surface area (Å²) in [6.45, 7) is 6.62. The van der Waals surface area contributed by atoms with Crippen LogP contribution in [0.2, 0.25) is 5.02 Å². The van der Waals surface area contributed by atoms with Crippen LogP contribution in [0.1, 0.15) is 47.2 Å². The van der Waals surface area contributed by atoms with Gasteiger partial charge in [-0.1, -0.05) is 31.5 Å². The molecule has 0 aliphatic rings. The van der Waals surface area contributed by atoms with Gasteiger partial charge in [0.2, 0.25) is 0 Å². The molecule has 2 aromatic heterocycles. The fourth-order valence-electron chi connectivity index (χ4n) is 3.01. The highest BCUT2D eigenvalue weighted by molar-refractivity contribution is 6.30. The van der Waals surface area contributed by atoms with Crippen LogP contribution in [0, 0.1) is 6.92 Å². The maximum atomic E-state index is 12.8. The average Bonchev–Trinajstić information content (AvgIpc) is 3.18. The summed E-state index contributed by atoms with van der Waals surface area (Å²) in [5, 5.41) is 8.08. The van der Waals surface area contributed by atoms with Crippen molar-refractivity contribution in [2.75, 3.05) is 0 Å². The minimum Gasteiger partial charge on any atom is -0.350 e. The fraction of sp³-hybridized carbons (Fsp3) is 0.300. The van der Waals surface area contributed by atoms with Gasteiger partial charge in [-0.15, -0.1) is 0 Å². The van der Waals surface area contributed by atoms with Crippen LogP contribution in [0.5, 0.6) is 0 Å². The zero-order valence-corrected chi connectivity index (χ0v) is 16.2. The first-order valence-corrected chi connectivity index (χ1v) is 8.99. The summed E-state index contributed by atoms with van der Waals surface area (Å²) in [7, 11) is 1.99. The zero-order valence-electron chi connectivity index (χ0n) is 15.5. The minimum absolute atomic E-state index is 0.124. The van der Waals surface area contributed by atoms with E-state index in [2.05, 4.69) is 28.8 Å². The van der Waals surface area contributed by atoms with Gasteiger partial charge in [0, 0.05) is 23.5 Å². The topological polar surface area (TPSA) is 51.9 Å². The van der Waals surface area contributed by atoms with Crippen LogP contribution in [0.15, 0.2) is 42.6 Å². The Labute approximate surface area is 158 Å². The first kappa shape index (κ1) is 18.3. The summed E-state index contributed by atoms with van der Waals surface area (Å²) < 4.78 is 3.86. The van der Waals surface area contributed by atoms with Crippen molar-refractivity contribution in [1.82, 2.24) is 19.7 Å². The summed E-state index contributed by atoms with van der Waals surface area (Å²) in [6, 6.07) is 11.5. The standard InChI is InChI=1S/C20H23ClN4O/c1-13(2)19-18(12-23-25(19)16-7-5-6-15(21)10-16)20(26)22-11-17-9-8-14(3)24(17)4/h5-10,12-13H,11H2,1-4H3,(H,22,26). The number of carbonyl (C=O) groups excluding carboxylic acids is 1. The van der Waals surface area contributed by atoms with E-state index in [1.54, 1.807) is 10.9 Å². The van der Waals surface area contributed by atoms with Crippen molar-refractivity contribution in [3.63, 3.8) is 0 Å². The molecule has 1 aromatic carbocycles. The summed E-state index contributed by atoms with van der Waals surface area (Å²) in [5.74, 6) is 0.00958. The third kappa shape index (κ3) is 3.53. The van der Waals surface area contributed by atoms with E-state index in [9.17, 15) is 4.79 Å². The van der Waals surface area contributed by atoms with Gasteiger partial charge in [0.15, 0.2) is 0 Å². The van der Waals surface area contributed by atoms with Crippen LogP contribution in [-0.4, -0.2) is 20.3 Å². The van der Waals surface area contributed by atoms with Gasteiger partial charge < -0.3 is 9.88 Å². The lowest BCUT2D eigenvalue weighted by Crippen LogP contribution is -2.25. The Kier molecular flexibility index (Phi) is 5.18. The van der Waals surface area contributed by atoms with Crippen LogP contribution in [0.4, 0.5) is 0 Å². The monoisotopic (exact) mass is 370 g/mol. The number of amides is 1. The molecule has 0 unspecified atom stereocenters. The second-order valence-electron chi connectivity index (χ2n) is 6.70. The molecule has 3 rings (SSSR count). The molecule has 0 saturated heterocycles. The van der Waals surface area contributed by atoms with E-state index in [-0.39, 0.29) is 11.8 Å². The third-order valence-electron chi connectivity index (χ3n) is 4.56. The van der Waals surface area contributed by atoms with Crippen LogP contribution < -0.4 is 5.32 Å². The smallest absolute Gasteiger partial charge is 0.255 e. The molecule has 0 radical (unpaired) electrons. The van der Waals surface area contributed by atoms with Crippen molar-refractivity contribution < 1.29 is 4.79 Å². The minimum atomic E-state index is -0.124. The molecule has 26 heavy (non-hydrogen) atoms. The Morgan fingerprint density at radius 3 is 2.65 bits per heavy atom. The Balaban J connectivity index is 1.87. The van der Waals surface area contributed by atoms with E-state index in [1.807, 2.05) is 50.4 Å². The molecule has 5 nitrogen and oxygen atoms in total. The molecule has 0 aliphatic heterocycles. The van der Waals surface area contributed by atoms with E-state index in [0.717, 1.165) is 22.8 Å². The second-order valence-corrected chi connectivity index (χ2v) is 7.13. The lowest BCUT2D eigenvalue weighted by molar-refractivity contribution is 0.0948. The molecule has 1 amide bonds. The highest BCUT2D eigenvalue weighted by atomic mass is 35.5. The molecule has 0 saturated carbocycles. The molecule has 1 N–H and O–H groups in total. The molecule has 0 aliphatic carbocycles. The summed E-state index contributed by atoms with van der Waals surface area (Å²) in [6.07, 6.45) is 1.63. The largest absolute Gasteiger partial charge is 0.350 e. The zero-order chi connectivity index (χ0) is 18.8. The van der Waals surface area contributed by atoms with Gasteiger partial charge in [-0.3, -0.25) is 4.79 Å². The number of nitrogens with one attached hydrogen (secondary N) is 1. The van der Waals surface area contributed by atoms with Crippen molar-refractivity contribution in [2.24, 2.45) is 7.05 Å². The third-order valence-corrected chi connectivity index (χ3v) is 4.79. The number of aryl methyl sites for hydroxylation is 1. The molecule has 0 bridgehead atoms. The number of halogens is 1. The van der Waals surface area contributed by atoms with Gasteiger partial charge in [-0.2, -0.15) is 5.10 Å². The maximum absolute atomic E-state index is 12.8. The lowest BCUT2D eigenvalue weighted by Gasteiger charge is -2.13. The van der Waals surface area contributed by atoms with Crippen LogP contribution in [0.25, 0.3) is 5.69 Å². The number of nitrogens with zero attached hydrogens (tertiary/aromatic N) is 3. The second kappa shape index (κ2) is 7.38. The predicted octanol–water partition coefficient (Wildman–Crippen LogP) is 4.23. The predicted molar refractivity (Wildman–Crippen MR) is 104 cm³/mol. The molecule has 0 atom stereocenters. The molecule has 0 spiro atoms. The molecule has 3 aromatic rings. The molecule has 6 heteroatoms. The summed E-state index contributed by atoms with van der Waals surface area (Å²) in [4.78, 5) is 12.8.